The number of rotatable bonds is 7. The summed E-state index contributed by atoms with van der Waals surface area (Å²) in [5, 5.41) is 8.80. The topological polar surface area (TPSA) is 66.8 Å². The molecule has 0 saturated heterocycles. The summed E-state index contributed by atoms with van der Waals surface area (Å²) in [6.07, 6.45) is 0.711. The summed E-state index contributed by atoms with van der Waals surface area (Å²) < 4.78 is 5.55. The van der Waals surface area contributed by atoms with Crippen molar-refractivity contribution in [3.63, 3.8) is 0 Å². The third-order valence-electron chi connectivity index (χ3n) is 2.92. The lowest BCUT2D eigenvalue weighted by atomic mass is 10.1. The molecular formula is C15H21NO4. The Morgan fingerprint density at radius 1 is 1.25 bits per heavy atom. The number of carboxylic acids is 1. The highest BCUT2D eigenvalue weighted by Gasteiger charge is 2.17. The number of para-hydroxylation sites is 1. The molecule has 1 N–H and O–H groups in total. The van der Waals surface area contributed by atoms with Crippen molar-refractivity contribution in [2.75, 3.05) is 19.7 Å². The van der Waals surface area contributed by atoms with E-state index in [-0.39, 0.29) is 19.1 Å². The monoisotopic (exact) mass is 279 g/mol. The summed E-state index contributed by atoms with van der Waals surface area (Å²) in [6.45, 7) is 5.71. The number of benzene rings is 1. The van der Waals surface area contributed by atoms with E-state index in [0.717, 1.165) is 11.1 Å². The molecule has 1 aromatic carbocycles. The summed E-state index contributed by atoms with van der Waals surface area (Å²) in [5.74, 6) is -0.636. The predicted molar refractivity (Wildman–Crippen MR) is 75.9 cm³/mol. The summed E-state index contributed by atoms with van der Waals surface area (Å²) >= 11 is 0. The van der Waals surface area contributed by atoms with E-state index in [9.17, 15) is 9.59 Å². The maximum absolute atomic E-state index is 12.0. The maximum Gasteiger partial charge on any atom is 0.323 e. The minimum atomic E-state index is -1.01. The van der Waals surface area contributed by atoms with E-state index in [1.165, 1.54) is 4.90 Å². The lowest BCUT2D eigenvalue weighted by Crippen LogP contribution is -2.39. The molecule has 1 aromatic rings. The summed E-state index contributed by atoms with van der Waals surface area (Å²) in [7, 11) is 0. The van der Waals surface area contributed by atoms with Gasteiger partial charge in [0.25, 0.3) is 5.91 Å². The van der Waals surface area contributed by atoms with Crippen LogP contribution in [0.4, 0.5) is 0 Å². The standard InChI is InChI=1S/C15H21NO4/c1-4-8-16(9-14(18)19)13(17)10-20-15-11(2)6-5-7-12(15)3/h5-7H,4,8-10H2,1-3H3,(H,18,19). The third kappa shape index (κ3) is 4.57. The van der Waals surface area contributed by atoms with Gasteiger partial charge < -0.3 is 14.7 Å². The minimum absolute atomic E-state index is 0.140. The van der Waals surface area contributed by atoms with Crippen LogP contribution in [0.15, 0.2) is 18.2 Å². The molecule has 0 radical (unpaired) electrons. The van der Waals surface area contributed by atoms with E-state index < -0.39 is 5.97 Å². The predicted octanol–water partition coefficient (Wildman–Crippen LogP) is 2.01. The molecule has 0 fully saturated rings. The zero-order valence-corrected chi connectivity index (χ0v) is 12.2. The fraction of sp³-hybridized carbons (Fsp3) is 0.467. The van der Waals surface area contributed by atoms with E-state index >= 15 is 0 Å². The number of hydrogen-bond acceptors (Lipinski definition) is 3. The van der Waals surface area contributed by atoms with Crippen molar-refractivity contribution >= 4 is 11.9 Å². The lowest BCUT2D eigenvalue weighted by molar-refractivity contribution is -0.145. The number of aryl methyl sites for hydroxylation is 2. The van der Waals surface area contributed by atoms with Crippen LogP contribution in [0.1, 0.15) is 24.5 Å². The fourth-order valence-electron chi connectivity index (χ4n) is 1.98. The first-order chi connectivity index (χ1) is 9.45. The van der Waals surface area contributed by atoms with Crippen LogP contribution < -0.4 is 4.74 Å². The molecule has 1 amide bonds. The Balaban J connectivity index is 2.67. The second-order valence-electron chi connectivity index (χ2n) is 4.72. The number of carbonyl (C=O) groups is 2. The highest BCUT2D eigenvalue weighted by molar-refractivity contribution is 5.82. The van der Waals surface area contributed by atoms with Crippen LogP contribution in [0, 0.1) is 13.8 Å². The molecule has 0 aliphatic carbocycles. The van der Waals surface area contributed by atoms with E-state index in [0.29, 0.717) is 18.7 Å². The molecule has 0 aromatic heterocycles. The number of carboxylic acid groups (broad SMARTS) is 1. The summed E-state index contributed by atoms with van der Waals surface area (Å²) in [5.41, 5.74) is 1.91. The van der Waals surface area contributed by atoms with E-state index in [2.05, 4.69) is 0 Å². The van der Waals surface area contributed by atoms with Gasteiger partial charge in [-0.05, 0) is 31.4 Å². The number of carbonyl (C=O) groups excluding carboxylic acids is 1. The largest absolute Gasteiger partial charge is 0.483 e. The van der Waals surface area contributed by atoms with Crippen molar-refractivity contribution in [3.05, 3.63) is 29.3 Å². The van der Waals surface area contributed by atoms with Crippen molar-refractivity contribution in [2.24, 2.45) is 0 Å². The van der Waals surface area contributed by atoms with Gasteiger partial charge in [-0.15, -0.1) is 0 Å². The molecule has 0 saturated carbocycles. The normalized spacial score (nSPS) is 10.2. The van der Waals surface area contributed by atoms with Gasteiger partial charge in [0.2, 0.25) is 0 Å². The molecule has 0 atom stereocenters. The Labute approximate surface area is 119 Å². The molecule has 0 heterocycles. The zero-order valence-electron chi connectivity index (χ0n) is 12.2. The van der Waals surface area contributed by atoms with Crippen LogP contribution in [0.3, 0.4) is 0 Å². The first kappa shape index (κ1) is 16.0. The SMILES string of the molecule is CCCN(CC(=O)O)C(=O)COc1c(C)cccc1C. The van der Waals surface area contributed by atoms with Gasteiger partial charge in [-0.25, -0.2) is 0 Å². The Morgan fingerprint density at radius 2 is 1.85 bits per heavy atom. The first-order valence-electron chi connectivity index (χ1n) is 6.64. The Kier molecular flexibility index (Phi) is 6.03. The van der Waals surface area contributed by atoms with E-state index in [1.54, 1.807) is 0 Å². The number of hydrogen-bond donors (Lipinski definition) is 1. The lowest BCUT2D eigenvalue weighted by Gasteiger charge is -2.20. The number of amides is 1. The van der Waals surface area contributed by atoms with Crippen molar-refractivity contribution in [2.45, 2.75) is 27.2 Å². The van der Waals surface area contributed by atoms with Crippen molar-refractivity contribution in [1.29, 1.82) is 0 Å². The van der Waals surface area contributed by atoms with Crippen LogP contribution in [-0.2, 0) is 9.59 Å². The molecule has 110 valence electrons. The second-order valence-corrected chi connectivity index (χ2v) is 4.72. The van der Waals surface area contributed by atoms with Gasteiger partial charge in [-0.1, -0.05) is 25.1 Å². The Bertz CT molecular complexity index is 465. The molecule has 0 bridgehead atoms. The quantitative estimate of drug-likeness (QED) is 0.829. The molecule has 5 nitrogen and oxygen atoms in total. The Morgan fingerprint density at radius 3 is 2.35 bits per heavy atom. The van der Waals surface area contributed by atoms with E-state index in [4.69, 9.17) is 9.84 Å². The van der Waals surface area contributed by atoms with Gasteiger partial charge in [0.1, 0.15) is 12.3 Å². The van der Waals surface area contributed by atoms with Gasteiger partial charge in [0.15, 0.2) is 6.61 Å². The summed E-state index contributed by atoms with van der Waals surface area (Å²) in [4.78, 5) is 24.0. The van der Waals surface area contributed by atoms with Gasteiger partial charge in [-0.3, -0.25) is 9.59 Å². The molecule has 0 aliphatic rings. The number of aliphatic carboxylic acids is 1. The summed E-state index contributed by atoms with van der Waals surface area (Å²) in [6, 6.07) is 5.74. The minimum Gasteiger partial charge on any atom is -0.483 e. The maximum atomic E-state index is 12.0. The van der Waals surface area contributed by atoms with Crippen molar-refractivity contribution in [3.8, 4) is 5.75 Å². The average molecular weight is 279 g/mol. The molecule has 5 heteroatoms. The van der Waals surface area contributed by atoms with Gasteiger partial charge in [-0.2, -0.15) is 0 Å². The number of nitrogens with zero attached hydrogens (tertiary/aromatic N) is 1. The van der Waals surface area contributed by atoms with Gasteiger partial charge in [0.05, 0.1) is 0 Å². The molecule has 0 aliphatic heterocycles. The highest BCUT2D eigenvalue weighted by atomic mass is 16.5. The fourth-order valence-corrected chi connectivity index (χ4v) is 1.98. The second kappa shape index (κ2) is 7.53. The van der Waals surface area contributed by atoms with Crippen molar-refractivity contribution in [1.82, 2.24) is 4.90 Å². The molecule has 0 spiro atoms. The smallest absolute Gasteiger partial charge is 0.323 e. The third-order valence-corrected chi connectivity index (χ3v) is 2.92. The van der Waals surface area contributed by atoms with Gasteiger partial charge in [0, 0.05) is 6.54 Å². The van der Waals surface area contributed by atoms with Crippen LogP contribution >= 0.6 is 0 Å². The zero-order chi connectivity index (χ0) is 15.1. The van der Waals surface area contributed by atoms with Crippen LogP contribution in [0.25, 0.3) is 0 Å². The Hall–Kier alpha value is -2.04. The first-order valence-corrected chi connectivity index (χ1v) is 6.64. The average Bonchev–Trinajstić information content (AvgIpc) is 2.37. The van der Waals surface area contributed by atoms with E-state index in [1.807, 2.05) is 39.0 Å². The van der Waals surface area contributed by atoms with Crippen LogP contribution in [0.2, 0.25) is 0 Å². The molecule has 1 rings (SSSR count). The molecule has 20 heavy (non-hydrogen) atoms. The van der Waals surface area contributed by atoms with Crippen LogP contribution in [-0.4, -0.2) is 41.6 Å². The van der Waals surface area contributed by atoms with Crippen molar-refractivity contribution < 1.29 is 19.4 Å². The molecular weight excluding hydrogens is 258 g/mol. The number of ether oxygens (including phenoxy) is 1. The highest BCUT2D eigenvalue weighted by Crippen LogP contribution is 2.22. The molecule has 0 unspecified atom stereocenters. The van der Waals surface area contributed by atoms with Crippen LogP contribution in [0.5, 0.6) is 5.75 Å². The van der Waals surface area contributed by atoms with Gasteiger partial charge >= 0.3 is 5.97 Å².